The third-order valence-corrected chi connectivity index (χ3v) is 4.35. The predicted octanol–water partition coefficient (Wildman–Crippen LogP) is 6.05. The molecule has 0 aliphatic rings. The number of halogens is 3. The second kappa shape index (κ2) is 5.64. The van der Waals surface area contributed by atoms with Crippen LogP contribution in [0.1, 0.15) is 23.7 Å². The number of aryl methyl sites for hydroxylation is 1. The van der Waals surface area contributed by atoms with Crippen LogP contribution in [0.25, 0.3) is 16.7 Å². The van der Waals surface area contributed by atoms with Crippen LogP contribution in [0.4, 0.5) is 0 Å². The van der Waals surface area contributed by atoms with E-state index in [0.717, 1.165) is 32.6 Å². The summed E-state index contributed by atoms with van der Waals surface area (Å²) in [6.07, 6.45) is 0. The average molecular weight is 384 g/mol. The Bertz CT molecular complexity index is 825. The first-order valence-electron chi connectivity index (χ1n) is 6.56. The normalized spacial score (nSPS) is 12.8. The van der Waals surface area contributed by atoms with Gasteiger partial charge in [-0.05, 0) is 49.7 Å². The van der Waals surface area contributed by atoms with Gasteiger partial charge in [0.2, 0.25) is 0 Å². The van der Waals surface area contributed by atoms with Crippen molar-refractivity contribution in [2.24, 2.45) is 0 Å². The molecule has 1 aromatic heterocycles. The molecule has 0 saturated heterocycles. The van der Waals surface area contributed by atoms with Crippen LogP contribution in [-0.4, -0.2) is 9.55 Å². The van der Waals surface area contributed by atoms with Crippen molar-refractivity contribution in [1.82, 2.24) is 9.55 Å². The van der Waals surface area contributed by atoms with Gasteiger partial charge in [-0.3, -0.25) is 4.57 Å². The summed E-state index contributed by atoms with van der Waals surface area (Å²) in [6.45, 7) is 3.96. The van der Waals surface area contributed by atoms with E-state index in [1.807, 2.05) is 54.8 Å². The summed E-state index contributed by atoms with van der Waals surface area (Å²) in [7, 11) is 0. The lowest BCUT2D eigenvalue weighted by atomic mass is 10.2. The van der Waals surface area contributed by atoms with Crippen molar-refractivity contribution in [3.8, 4) is 5.69 Å². The molecule has 0 spiro atoms. The Morgan fingerprint density at radius 2 is 1.95 bits per heavy atom. The fourth-order valence-corrected chi connectivity index (χ4v) is 3.08. The van der Waals surface area contributed by atoms with Crippen LogP contribution in [0.5, 0.6) is 0 Å². The van der Waals surface area contributed by atoms with Gasteiger partial charge in [0.05, 0.1) is 27.1 Å². The highest BCUT2D eigenvalue weighted by atomic mass is 79.9. The Labute approximate surface area is 141 Å². The molecule has 5 heteroatoms. The van der Waals surface area contributed by atoms with Gasteiger partial charge in [0.1, 0.15) is 5.82 Å². The molecule has 2 aromatic carbocycles. The highest BCUT2D eigenvalue weighted by molar-refractivity contribution is 9.10. The third-order valence-electron chi connectivity index (χ3n) is 3.34. The highest BCUT2D eigenvalue weighted by Crippen LogP contribution is 2.33. The lowest BCUT2D eigenvalue weighted by Gasteiger charge is -2.13. The molecule has 3 rings (SSSR count). The number of fused-ring (bicyclic) bond motifs is 1. The standard InChI is InChI=1S/C16H13BrCl2N2/c1-9-3-5-12(19)14(7-9)21-15-8-11(17)4-6-13(15)20-16(21)10(2)18/h3-8,10H,1-2H3. The van der Waals surface area contributed by atoms with E-state index in [2.05, 4.69) is 20.9 Å². The first-order chi connectivity index (χ1) is 9.97. The summed E-state index contributed by atoms with van der Waals surface area (Å²) in [5.74, 6) is 0.789. The summed E-state index contributed by atoms with van der Waals surface area (Å²) < 4.78 is 3.03. The number of rotatable bonds is 2. The van der Waals surface area contributed by atoms with Crippen LogP contribution < -0.4 is 0 Å². The van der Waals surface area contributed by atoms with Crippen LogP contribution in [0.15, 0.2) is 40.9 Å². The van der Waals surface area contributed by atoms with Crippen molar-refractivity contribution in [1.29, 1.82) is 0 Å². The molecule has 1 atom stereocenters. The summed E-state index contributed by atoms with van der Waals surface area (Å²) in [6, 6.07) is 11.9. The van der Waals surface area contributed by atoms with Gasteiger partial charge in [0.25, 0.3) is 0 Å². The summed E-state index contributed by atoms with van der Waals surface area (Å²) in [4.78, 5) is 4.65. The molecule has 0 amide bonds. The van der Waals surface area contributed by atoms with Gasteiger partial charge >= 0.3 is 0 Å². The fourth-order valence-electron chi connectivity index (χ4n) is 2.38. The predicted molar refractivity (Wildman–Crippen MR) is 92.8 cm³/mol. The molecule has 0 aliphatic carbocycles. The molecule has 108 valence electrons. The molecule has 0 radical (unpaired) electrons. The van der Waals surface area contributed by atoms with Crippen molar-refractivity contribution in [2.75, 3.05) is 0 Å². The minimum Gasteiger partial charge on any atom is -0.293 e. The van der Waals surface area contributed by atoms with Gasteiger partial charge in [-0.25, -0.2) is 4.98 Å². The second-order valence-electron chi connectivity index (χ2n) is 5.01. The van der Waals surface area contributed by atoms with Crippen molar-refractivity contribution in [3.63, 3.8) is 0 Å². The second-order valence-corrected chi connectivity index (χ2v) is 6.99. The molecule has 1 unspecified atom stereocenters. The van der Waals surface area contributed by atoms with Crippen molar-refractivity contribution in [2.45, 2.75) is 19.2 Å². The van der Waals surface area contributed by atoms with Crippen LogP contribution in [0.2, 0.25) is 5.02 Å². The number of hydrogen-bond donors (Lipinski definition) is 0. The summed E-state index contributed by atoms with van der Waals surface area (Å²) >= 11 is 16.2. The monoisotopic (exact) mass is 382 g/mol. The molecule has 21 heavy (non-hydrogen) atoms. The quantitative estimate of drug-likeness (QED) is 0.492. The Hall–Kier alpha value is -1.03. The van der Waals surface area contributed by atoms with Gasteiger partial charge in [-0.15, -0.1) is 11.6 Å². The summed E-state index contributed by atoms with van der Waals surface area (Å²) in [5.41, 5.74) is 3.93. The maximum atomic E-state index is 6.40. The van der Waals surface area contributed by atoms with Gasteiger partial charge in [-0.1, -0.05) is 33.6 Å². The molecular weight excluding hydrogens is 371 g/mol. The maximum absolute atomic E-state index is 6.40. The van der Waals surface area contributed by atoms with Crippen LogP contribution in [0, 0.1) is 6.92 Å². The van der Waals surface area contributed by atoms with E-state index in [1.165, 1.54) is 0 Å². The van der Waals surface area contributed by atoms with Crippen LogP contribution in [-0.2, 0) is 0 Å². The van der Waals surface area contributed by atoms with Crippen molar-refractivity contribution in [3.05, 3.63) is 57.3 Å². The zero-order chi connectivity index (χ0) is 15.1. The maximum Gasteiger partial charge on any atom is 0.132 e. The van der Waals surface area contributed by atoms with Crippen molar-refractivity contribution < 1.29 is 0 Å². The van der Waals surface area contributed by atoms with Crippen LogP contribution in [0.3, 0.4) is 0 Å². The van der Waals surface area contributed by atoms with Crippen LogP contribution >= 0.6 is 39.1 Å². The molecule has 0 N–H and O–H groups in total. The number of imidazole rings is 1. The van der Waals surface area contributed by atoms with E-state index >= 15 is 0 Å². The Morgan fingerprint density at radius 1 is 1.19 bits per heavy atom. The van der Waals surface area contributed by atoms with E-state index < -0.39 is 0 Å². The zero-order valence-corrected chi connectivity index (χ0v) is 14.7. The third kappa shape index (κ3) is 2.70. The molecule has 0 fully saturated rings. The van der Waals surface area contributed by atoms with Gasteiger partial charge in [0.15, 0.2) is 0 Å². The fraction of sp³-hybridized carbons (Fsp3) is 0.188. The Balaban J connectivity index is 2.41. The lowest BCUT2D eigenvalue weighted by Crippen LogP contribution is -2.03. The van der Waals surface area contributed by atoms with E-state index in [1.54, 1.807) is 0 Å². The van der Waals surface area contributed by atoms with E-state index in [4.69, 9.17) is 23.2 Å². The van der Waals surface area contributed by atoms with Gasteiger partial charge in [-0.2, -0.15) is 0 Å². The van der Waals surface area contributed by atoms with Crippen molar-refractivity contribution >= 4 is 50.2 Å². The van der Waals surface area contributed by atoms with E-state index in [-0.39, 0.29) is 5.38 Å². The lowest BCUT2D eigenvalue weighted by molar-refractivity contribution is 0.882. The van der Waals surface area contributed by atoms with Gasteiger partial charge in [0, 0.05) is 4.47 Å². The number of hydrogen-bond acceptors (Lipinski definition) is 1. The molecule has 0 aliphatic heterocycles. The number of nitrogens with zero attached hydrogens (tertiary/aromatic N) is 2. The van der Waals surface area contributed by atoms with E-state index in [9.17, 15) is 0 Å². The molecule has 0 bridgehead atoms. The molecular formula is C16H13BrCl2N2. The number of alkyl halides is 1. The topological polar surface area (TPSA) is 17.8 Å². The minimum absolute atomic E-state index is 0.215. The summed E-state index contributed by atoms with van der Waals surface area (Å²) in [5, 5.41) is 0.464. The number of benzene rings is 2. The molecule has 0 saturated carbocycles. The SMILES string of the molecule is Cc1ccc(Cl)c(-n2c(C(C)Cl)nc3ccc(Br)cc32)c1. The zero-order valence-electron chi connectivity index (χ0n) is 11.6. The molecule has 3 aromatic rings. The average Bonchev–Trinajstić information content (AvgIpc) is 2.80. The minimum atomic E-state index is -0.215. The first kappa shape index (κ1) is 14.9. The Kier molecular flexibility index (Phi) is 4.00. The largest absolute Gasteiger partial charge is 0.293 e. The molecule has 2 nitrogen and oxygen atoms in total. The number of aromatic nitrogens is 2. The first-order valence-corrected chi connectivity index (χ1v) is 8.16. The smallest absolute Gasteiger partial charge is 0.132 e. The Morgan fingerprint density at radius 3 is 2.67 bits per heavy atom. The molecule has 1 heterocycles. The highest BCUT2D eigenvalue weighted by Gasteiger charge is 2.18. The van der Waals surface area contributed by atoms with E-state index in [0.29, 0.717) is 5.02 Å². The van der Waals surface area contributed by atoms with Gasteiger partial charge < -0.3 is 0 Å².